The number of non-ortho nitro benzene ring substituents is 1. The van der Waals surface area contributed by atoms with Gasteiger partial charge in [-0.3, -0.25) is 14.9 Å². The Balaban J connectivity index is 1.78. The van der Waals surface area contributed by atoms with E-state index in [0.29, 0.717) is 16.1 Å². The van der Waals surface area contributed by atoms with Gasteiger partial charge in [-0.15, -0.1) is 0 Å². The van der Waals surface area contributed by atoms with E-state index in [1.54, 1.807) is 25.1 Å². The Morgan fingerprint density at radius 2 is 1.88 bits per heavy atom. The molecule has 0 aliphatic heterocycles. The van der Waals surface area contributed by atoms with Gasteiger partial charge in [0, 0.05) is 22.7 Å². The first-order valence-corrected chi connectivity index (χ1v) is 11.5. The molecular formula is C22H18ClN3O7S. The highest BCUT2D eigenvalue weighted by molar-refractivity contribution is 7.87. The number of ether oxygens (including phenoxy) is 1. The molecule has 176 valence electrons. The second kappa shape index (κ2) is 10.8. The van der Waals surface area contributed by atoms with E-state index in [0.717, 1.165) is 6.07 Å². The summed E-state index contributed by atoms with van der Waals surface area (Å²) < 4.78 is 35.9. The van der Waals surface area contributed by atoms with Gasteiger partial charge in [0.2, 0.25) is 0 Å². The summed E-state index contributed by atoms with van der Waals surface area (Å²) in [4.78, 5) is 22.0. The molecule has 1 amide bonds. The lowest BCUT2D eigenvalue weighted by atomic mass is 10.2. The van der Waals surface area contributed by atoms with Gasteiger partial charge in [-0.25, -0.2) is 5.43 Å². The molecular weight excluding hydrogens is 486 g/mol. The number of hydrogen-bond donors (Lipinski definition) is 1. The third-order valence-corrected chi connectivity index (χ3v) is 5.72. The van der Waals surface area contributed by atoms with Gasteiger partial charge >= 0.3 is 10.1 Å². The molecule has 0 spiro atoms. The lowest BCUT2D eigenvalue weighted by Crippen LogP contribution is -2.17. The van der Waals surface area contributed by atoms with Gasteiger partial charge in [-0.1, -0.05) is 23.7 Å². The van der Waals surface area contributed by atoms with Gasteiger partial charge < -0.3 is 8.92 Å². The van der Waals surface area contributed by atoms with Crippen molar-refractivity contribution in [1.29, 1.82) is 0 Å². The summed E-state index contributed by atoms with van der Waals surface area (Å²) in [5, 5.41) is 15.2. The van der Waals surface area contributed by atoms with E-state index in [1.165, 1.54) is 48.7 Å². The number of rotatable bonds is 9. The van der Waals surface area contributed by atoms with E-state index in [9.17, 15) is 23.3 Å². The minimum absolute atomic E-state index is 0.0987. The van der Waals surface area contributed by atoms with E-state index in [2.05, 4.69) is 10.5 Å². The number of nitrogens with zero attached hydrogens (tertiary/aromatic N) is 2. The van der Waals surface area contributed by atoms with Crippen LogP contribution in [0.5, 0.6) is 11.5 Å². The van der Waals surface area contributed by atoms with Gasteiger partial charge in [-0.2, -0.15) is 13.5 Å². The number of nitrogens with one attached hydrogen (secondary N) is 1. The maximum atomic E-state index is 12.6. The maximum absolute atomic E-state index is 12.6. The molecule has 0 bridgehead atoms. The zero-order valence-electron chi connectivity index (χ0n) is 17.7. The Morgan fingerprint density at radius 1 is 1.12 bits per heavy atom. The number of halogens is 1. The third-order valence-electron chi connectivity index (χ3n) is 4.25. The summed E-state index contributed by atoms with van der Waals surface area (Å²) in [6, 6.07) is 15.2. The van der Waals surface area contributed by atoms with E-state index in [4.69, 9.17) is 20.5 Å². The van der Waals surface area contributed by atoms with Crippen LogP contribution in [0.1, 0.15) is 22.8 Å². The van der Waals surface area contributed by atoms with Crippen molar-refractivity contribution in [2.45, 2.75) is 11.8 Å². The van der Waals surface area contributed by atoms with Crippen molar-refractivity contribution in [1.82, 2.24) is 5.43 Å². The van der Waals surface area contributed by atoms with Crippen molar-refractivity contribution in [2.75, 3.05) is 6.61 Å². The lowest BCUT2D eigenvalue weighted by molar-refractivity contribution is -0.385. The molecule has 0 unspecified atom stereocenters. The molecule has 0 aliphatic rings. The van der Waals surface area contributed by atoms with Gasteiger partial charge in [0.05, 0.1) is 17.7 Å². The average molecular weight is 504 g/mol. The van der Waals surface area contributed by atoms with Crippen molar-refractivity contribution < 1.29 is 27.1 Å². The van der Waals surface area contributed by atoms with Crippen LogP contribution in [0.3, 0.4) is 0 Å². The fraction of sp³-hybridized carbons (Fsp3) is 0.0909. The molecule has 0 aromatic heterocycles. The fourth-order valence-electron chi connectivity index (χ4n) is 2.72. The zero-order valence-corrected chi connectivity index (χ0v) is 19.2. The zero-order chi connectivity index (χ0) is 24.7. The normalized spacial score (nSPS) is 11.2. The maximum Gasteiger partial charge on any atom is 0.339 e. The Bertz CT molecular complexity index is 1360. The van der Waals surface area contributed by atoms with Crippen LogP contribution in [0.2, 0.25) is 5.02 Å². The molecule has 10 nitrogen and oxygen atoms in total. The molecule has 0 saturated carbocycles. The smallest absolute Gasteiger partial charge is 0.339 e. The fourth-order valence-corrected chi connectivity index (χ4v) is 3.89. The molecule has 34 heavy (non-hydrogen) atoms. The molecule has 0 radical (unpaired) electrons. The minimum atomic E-state index is -4.37. The number of hydrogen-bond acceptors (Lipinski definition) is 8. The number of amides is 1. The molecule has 0 atom stereocenters. The van der Waals surface area contributed by atoms with Crippen LogP contribution in [0.15, 0.2) is 76.7 Å². The van der Waals surface area contributed by atoms with Crippen molar-refractivity contribution in [3.05, 3.63) is 93.0 Å². The third kappa shape index (κ3) is 6.30. The van der Waals surface area contributed by atoms with Crippen LogP contribution in [0.4, 0.5) is 5.69 Å². The minimum Gasteiger partial charge on any atom is -0.490 e. The van der Waals surface area contributed by atoms with Gasteiger partial charge in [-0.05, 0) is 55.0 Å². The largest absolute Gasteiger partial charge is 0.490 e. The molecule has 0 heterocycles. The lowest BCUT2D eigenvalue weighted by Gasteiger charge is -2.12. The van der Waals surface area contributed by atoms with Crippen LogP contribution in [-0.4, -0.2) is 32.1 Å². The van der Waals surface area contributed by atoms with Crippen molar-refractivity contribution in [2.24, 2.45) is 5.10 Å². The van der Waals surface area contributed by atoms with Crippen LogP contribution >= 0.6 is 11.6 Å². The van der Waals surface area contributed by atoms with Crippen molar-refractivity contribution in [3.8, 4) is 11.5 Å². The first-order chi connectivity index (χ1) is 16.2. The van der Waals surface area contributed by atoms with Crippen LogP contribution in [-0.2, 0) is 10.1 Å². The van der Waals surface area contributed by atoms with E-state index in [-0.39, 0.29) is 28.7 Å². The van der Waals surface area contributed by atoms with Gasteiger partial charge in [0.15, 0.2) is 11.5 Å². The summed E-state index contributed by atoms with van der Waals surface area (Å²) in [5.74, 6) is -0.484. The predicted octanol–water partition coefficient (Wildman–Crippen LogP) is 4.18. The van der Waals surface area contributed by atoms with Crippen LogP contribution < -0.4 is 14.3 Å². The average Bonchev–Trinajstić information content (AvgIpc) is 2.80. The molecule has 1 N–H and O–H groups in total. The molecule has 3 aromatic rings. The molecule has 0 saturated heterocycles. The number of carbonyl (C=O) groups excluding carboxylic acids is 1. The number of nitro benzene ring substituents is 1. The van der Waals surface area contributed by atoms with Gasteiger partial charge in [0.25, 0.3) is 11.6 Å². The van der Waals surface area contributed by atoms with Crippen molar-refractivity contribution >= 4 is 39.5 Å². The number of carbonyl (C=O) groups is 1. The summed E-state index contributed by atoms with van der Waals surface area (Å²) in [6.45, 7) is 1.91. The van der Waals surface area contributed by atoms with E-state index < -0.39 is 20.9 Å². The molecule has 0 aliphatic carbocycles. The standard InChI is InChI=1S/C22H18ClN3O7S/c1-2-32-21-11-15(14-24-25-22(27)16-5-3-6-17(23)12-16)9-10-20(21)33-34(30,31)19-8-4-7-18(13-19)26(28)29/h3-14H,2H2,1H3,(H,25,27)/b24-14-. The Labute approximate surface area is 200 Å². The van der Waals surface area contributed by atoms with Crippen LogP contribution in [0, 0.1) is 10.1 Å². The molecule has 0 fully saturated rings. The topological polar surface area (TPSA) is 137 Å². The number of benzene rings is 3. The Kier molecular flexibility index (Phi) is 7.82. The Hall–Kier alpha value is -3.96. The molecule has 12 heteroatoms. The SMILES string of the molecule is CCOc1cc(/C=N\NC(=O)c2cccc(Cl)c2)ccc1OS(=O)(=O)c1cccc([N+](=O)[O-])c1. The Morgan fingerprint density at radius 3 is 2.59 bits per heavy atom. The monoisotopic (exact) mass is 503 g/mol. The first kappa shape index (κ1) is 24.7. The second-order valence-electron chi connectivity index (χ2n) is 6.64. The molecule has 3 rings (SSSR count). The highest BCUT2D eigenvalue weighted by Gasteiger charge is 2.22. The quantitative estimate of drug-likeness (QED) is 0.200. The number of nitro groups is 1. The summed E-state index contributed by atoms with van der Waals surface area (Å²) in [7, 11) is -4.37. The predicted molar refractivity (Wildman–Crippen MR) is 125 cm³/mol. The van der Waals surface area contributed by atoms with Crippen LogP contribution in [0.25, 0.3) is 0 Å². The van der Waals surface area contributed by atoms with Crippen molar-refractivity contribution in [3.63, 3.8) is 0 Å². The highest BCUT2D eigenvalue weighted by atomic mass is 35.5. The first-order valence-electron chi connectivity index (χ1n) is 9.74. The van der Waals surface area contributed by atoms with Gasteiger partial charge in [0.1, 0.15) is 4.90 Å². The number of hydrazone groups is 1. The summed E-state index contributed by atoms with van der Waals surface area (Å²) >= 11 is 5.87. The summed E-state index contributed by atoms with van der Waals surface area (Å²) in [5.41, 5.74) is 2.79. The summed E-state index contributed by atoms with van der Waals surface area (Å²) in [6.07, 6.45) is 1.34. The van der Waals surface area contributed by atoms with E-state index in [1.807, 2.05) is 0 Å². The molecule has 3 aromatic carbocycles. The second-order valence-corrected chi connectivity index (χ2v) is 8.62. The highest BCUT2D eigenvalue weighted by Crippen LogP contribution is 2.31. The van der Waals surface area contributed by atoms with E-state index >= 15 is 0 Å².